The largest absolute Gasteiger partial charge is 0.459 e. The number of esters is 1. The van der Waals surface area contributed by atoms with E-state index in [1.54, 1.807) is 6.07 Å². The molecule has 0 heterocycles. The van der Waals surface area contributed by atoms with Crippen LogP contribution in [0.4, 0.5) is 0 Å². The van der Waals surface area contributed by atoms with Gasteiger partial charge >= 0.3 is 5.97 Å². The lowest BCUT2D eigenvalue weighted by Gasteiger charge is -1.92. The predicted octanol–water partition coefficient (Wildman–Crippen LogP) is 0.711. The Bertz CT molecular complexity index is 200. The highest BCUT2D eigenvalue weighted by molar-refractivity contribution is 5.71. The summed E-state index contributed by atoms with van der Waals surface area (Å²) in [7, 11) is 0. The Morgan fingerprint density at radius 3 is 3.10 bits per heavy atom. The maximum atomic E-state index is 10.3. The molecule has 6 nitrogen and oxygen atoms in total. The first-order valence-electron chi connectivity index (χ1n) is 2.34. The Labute approximate surface area is 56.6 Å². The zero-order chi connectivity index (χ0) is 7.82. The SMILES string of the molecule is N#CCC(=O)OCN=[N+]=[N-]. The number of ether oxygens (including phenoxy) is 1. The van der Waals surface area contributed by atoms with Crippen LogP contribution in [0.5, 0.6) is 0 Å². The van der Waals surface area contributed by atoms with Gasteiger partial charge in [-0.2, -0.15) is 5.26 Å². The van der Waals surface area contributed by atoms with Gasteiger partial charge in [0.2, 0.25) is 0 Å². The van der Waals surface area contributed by atoms with E-state index in [4.69, 9.17) is 10.8 Å². The highest BCUT2D eigenvalue weighted by Crippen LogP contribution is 1.83. The molecule has 0 saturated carbocycles. The standard InChI is InChI=1S/C4H4N4O2/c5-2-1-4(9)10-3-7-8-6/h1,3H2. The van der Waals surface area contributed by atoms with E-state index in [9.17, 15) is 4.79 Å². The molecule has 0 aliphatic heterocycles. The number of azide groups is 1. The van der Waals surface area contributed by atoms with Crippen molar-refractivity contribution in [3.63, 3.8) is 0 Å². The molecule has 0 aromatic carbocycles. The molecule has 52 valence electrons. The average molecular weight is 140 g/mol. The van der Waals surface area contributed by atoms with E-state index in [1.165, 1.54) is 0 Å². The van der Waals surface area contributed by atoms with Crippen molar-refractivity contribution >= 4 is 5.97 Å². The molecule has 0 spiro atoms. The monoisotopic (exact) mass is 140 g/mol. The van der Waals surface area contributed by atoms with Crippen LogP contribution < -0.4 is 0 Å². The highest BCUT2D eigenvalue weighted by Gasteiger charge is 1.97. The van der Waals surface area contributed by atoms with E-state index in [2.05, 4.69) is 14.8 Å². The second-order valence-electron chi connectivity index (χ2n) is 1.21. The van der Waals surface area contributed by atoms with E-state index in [0.29, 0.717) is 0 Å². The Balaban J connectivity index is 3.41. The normalized spacial score (nSPS) is 7.10. The summed E-state index contributed by atoms with van der Waals surface area (Å²) in [5.74, 6) is -0.685. The summed E-state index contributed by atoms with van der Waals surface area (Å²) in [5.41, 5.74) is 7.71. The van der Waals surface area contributed by atoms with Gasteiger partial charge < -0.3 is 4.74 Å². The van der Waals surface area contributed by atoms with Gasteiger partial charge in [0, 0.05) is 4.91 Å². The van der Waals surface area contributed by atoms with Crippen molar-refractivity contribution in [3.05, 3.63) is 10.4 Å². The number of carbonyl (C=O) groups is 1. The van der Waals surface area contributed by atoms with Gasteiger partial charge in [0.25, 0.3) is 0 Å². The number of hydrogen-bond donors (Lipinski definition) is 0. The summed E-state index contributed by atoms with van der Waals surface area (Å²) < 4.78 is 4.24. The smallest absolute Gasteiger partial charge is 0.320 e. The lowest BCUT2D eigenvalue weighted by atomic mass is 10.5. The highest BCUT2D eigenvalue weighted by atomic mass is 16.5. The Hall–Kier alpha value is -1.73. The maximum absolute atomic E-state index is 10.3. The van der Waals surface area contributed by atoms with Crippen LogP contribution in [0.3, 0.4) is 0 Å². The summed E-state index contributed by atoms with van der Waals surface area (Å²) in [6.45, 7) is -0.350. The summed E-state index contributed by atoms with van der Waals surface area (Å²) in [4.78, 5) is 12.6. The first kappa shape index (κ1) is 8.27. The fourth-order valence-electron chi connectivity index (χ4n) is 0.242. The van der Waals surface area contributed by atoms with Crippen molar-refractivity contribution in [2.45, 2.75) is 6.42 Å². The molecule has 0 aliphatic carbocycles. The average Bonchev–Trinajstić information content (AvgIpc) is 1.89. The van der Waals surface area contributed by atoms with Gasteiger partial charge in [-0.25, -0.2) is 0 Å². The third kappa shape index (κ3) is 4.43. The van der Waals surface area contributed by atoms with Crippen molar-refractivity contribution in [1.82, 2.24) is 0 Å². The number of carbonyl (C=O) groups excluding carboxylic acids is 1. The van der Waals surface area contributed by atoms with E-state index in [-0.39, 0.29) is 13.2 Å². The van der Waals surface area contributed by atoms with Gasteiger partial charge in [-0.15, -0.1) is 0 Å². The molecule has 0 atom stereocenters. The van der Waals surface area contributed by atoms with Gasteiger partial charge in [0.15, 0.2) is 6.73 Å². The summed E-state index contributed by atoms with van der Waals surface area (Å²) in [6, 6.07) is 1.59. The quantitative estimate of drug-likeness (QED) is 0.249. The molecular formula is C4H4N4O2. The van der Waals surface area contributed by atoms with Crippen LogP contribution in [0.15, 0.2) is 5.11 Å². The molecule has 0 amide bonds. The van der Waals surface area contributed by atoms with Crippen molar-refractivity contribution in [1.29, 1.82) is 5.26 Å². The minimum Gasteiger partial charge on any atom is -0.459 e. The third-order valence-corrected chi connectivity index (χ3v) is 0.570. The van der Waals surface area contributed by atoms with Crippen molar-refractivity contribution in [2.75, 3.05) is 6.73 Å². The van der Waals surface area contributed by atoms with Crippen LogP contribution in [0.1, 0.15) is 6.42 Å². The van der Waals surface area contributed by atoms with Crippen LogP contribution in [-0.4, -0.2) is 12.7 Å². The van der Waals surface area contributed by atoms with Crippen LogP contribution >= 0.6 is 0 Å². The molecule has 0 rings (SSSR count). The summed E-state index contributed by atoms with van der Waals surface area (Å²) in [5, 5.41) is 10.9. The van der Waals surface area contributed by atoms with Crippen LogP contribution in [-0.2, 0) is 9.53 Å². The number of nitrogens with zero attached hydrogens (tertiary/aromatic N) is 4. The van der Waals surface area contributed by atoms with E-state index >= 15 is 0 Å². The van der Waals surface area contributed by atoms with Crippen LogP contribution in [0.25, 0.3) is 10.4 Å². The van der Waals surface area contributed by atoms with Crippen LogP contribution in [0, 0.1) is 11.3 Å². The van der Waals surface area contributed by atoms with Crippen molar-refractivity contribution in [2.24, 2.45) is 5.11 Å². The van der Waals surface area contributed by atoms with E-state index in [0.717, 1.165) is 0 Å². The van der Waals surface area contributed by atoms with Gasteiger partial charge in [0.1, 0.15) is 6.42 Å². The maximum Gasteiger partial charge on any atom is 0.320 e. The second kappa shape index (κ2) is 5.41. The summed E-state index contributed by atoms with van der Waals surface area (Å²) >= 11 is 0. The zero-order valence-corrected chi connectivity index (χ0v) is 5.02. The molecule has 0 aromatic rings. The zero-order valence-electron chi connectivity index (χ0n) is 5.02. The van der Waals surface area contributed by atoms with Gasteiger partial charge in [-0.05, 0) is 5.53 Å². The molecule has 0 bridgehead atoms. The van der Waals surface area contributed by atoms with E-state index < -0.39 is 5.97 Å². The topological polar surface area (TPSA) is 98.9 Å². The molecule has 0 N–H and O–H groups in total. The molecular weight excluding hydrogens is 136 g/mol. The van der Waals surface area contributed by atoms with Gasteiger partial charge in [-0.1, -0.05) is 5.11 Å². The molecule has 0 aliphatic rings. The Morgan fingerprint density at radius 1 is 1.90 bits per heavy atom. The first-order chi connectivity index (χ1) is 4.81. The number of rotatable bonds is 3. The van der Waals surface area contributed by atoms with Crippen molar-refractivity contribution in [3.8, 4) is 6.07 Å². The summed E-state index contributed by atoms with van der Waals surface area (Å²) in [6.07, 6.45) is -0.319. The lowest BCUT2D eigenvalue weighted by molar-refractivity contribution is -0.142. The molecule has 0 fully saturated rings. The number of nitriles is 1. The Kier molecular flexibility index (Phi) is 4.47. The van der Waals surface area contributed by atoms with Crippen molar-refractivity contribution < 1.29 is 9.53 Å². The Morgan fingerprint density at radius 2 is 2.60 bits per heavy atom. The van der Waals surface area contributed by atoms with Crippen LogP contribution in [0.2, 0.25) is 0 Å². The predicted molar refractivity (Wildman–Crippen MR) is 30.3 cm³/mol. The minimum absolute atomic E-state index is 0.319. The molecule has 0 unspecified atom stereocenters. The van der Waals surface area contributed by atoms with E-state index in [1.807, 2.05) is 0 Å². The molecule has 0 radical (unpaired) electrons. The fourth-order valence-corrected chi connectivity index (χ4v) is 0.242. The fraction of sp³-hybridized carbons (Fsp3) is 0.500. The van der Waals surface area contributed by atoms with Gasteiger partial charge in [-0.3, -0.25) is 4.79 Å². The first-order valence-corrected chi connectivity index (χ1v) is 2.34. The molecule has 0 aromatic heterocycles. The molecule has 10 heavy (non-hydrogen) atoms. The minimum atomic E-state index is -0.685. The molecule has 0 saturated heterocycles. The second-order valence-corrected chi connectivity index (χ2v) is 1.21. The third-order valence-electron chi connectivity index (χ3n) is 0.570. The number of hydrogen-bond acceptors (Lipinski definition) is 4. The lowest BCUT2D eigenvalue weighted by Crippen LogP contribution is -2.01. The van der Waals surface area contributed by atoms with Gasteiger partial charge in [0.05, 0.1) is 6.07 Å². The molecule has 6 heteroatoms.